The molecular formula is C16H11BrF3N3. The number of hydrogen-bond donors (Lipinski definition) is 0. The molecule has 0 aliphatic heterocycles. The van der Waals surface area contributed by atoms with Crippen molar-refractivity contribution in [1.82, 2.24) is 15.0 Å². The van der Waals surface area contributed by atoms with Gasteiger partial charge in [-0.1, -0.05) is 63.6 Å². The van der Waals surface area contributed by atoms with Crippen molar-refractivity contribution in [2.45, 2.75) is 12.7 Å². The Morgan fingerprint density at radius 1 is 0.957 bits per heavy atom. The Hall–Kier alpha value is -2.15. The fourth-order valence-corrected chi connectivity index (χ4v) is 2.53. The minimum absolute atomic E-state index is 0.0131. The zero-order chi connectivity index (χ0) is 16.4. The van der Waals surface area contributed by atoms with Crippen molar-refractivity contribution in [2.75, 3.05) is 0 Å². The SMILES string of the molecule is FC(F)(F)c1c(-c2ccc(Br)cc2)nnn1Cc1ccccc1. The molecule has 0 spiro atoms. The topological polar surface area (TPSA) is 30.7 Å². The second-order valence-corrected chi connectivity index (χ2v) is 5.85. The van der Waals surface area contributed by atoms with Gasteiger partial charge in [0, 0.05) is 10.0 Å². The number of aromatic nitrogens is 3. The molecule has 3 nitrogen and oxygen atoms in total. The second kappa shape index (κ2) is 6.16. The van der Waals surface area contributed by atoms with E-state index in [0.717, 1.165) is 14.7 Å². The first-order valence-electron chi connectivity index (χ1n) is 6.75. The van der Waals surface area contributed by atoms with Gasteiger partial charge in [-0.15, -0.1) is 5.10 Å². The van der Waals surface area contributed by atoms with Gasteiger partial charge < -0.3 is 0 Å². The van der Waals surface area contributed by atoms with Gasteiger partial charge in [0.1, 0.15) is 5.69 Å². The third-order valence-corrected chi connectivity index (χ3v) is 3.83. The highest BCUT2D eigenvalue weighted by Gasteiger charge is 2.39. The lowest BCUT2D eigenvalue weighted by molar-refractivity contribution is -0.143. The minimum Gasteiger partial charge on any atom is -0.235 e. The monoisotopic (exact) mass is 381 g/mol. The first-order chi connectivity index (χ1) is 10.9. The molecule has 23 heavy (non-hydrogen) atoms. The maximum absolute atomic E-state index is 13.5. The smallest absolute Gasteiger partial charge is 0.235 e. The molecule has 1 aromatic heterocycles. The van der Waals surface area contributed by atoms with Gasteiger partial charge in [0.05, 0.1) is 6.54 Å². The molecule has 0 N–H and O–H groups in total. The largest absolute Gasteiger partial charge is 0.435 e. The molecule has 0 unspecified atom stereocenters. The van der Waals surface area contributed by atoms with Crippen LogP contribution in [0.5, 0.6) is 0 Å². The number of benzene rings is 2. The van der Waals surface area contributed by atoms with E-state index in [1.165, 1.54) is 0 Å². The lowest BCUT2D eigenvalue weighted by atomic mass is 10.1. The van der Waals surface area contributed by atoms with E-state index in [2.05, 4.69) is 26.2 Å². The predicted octanol–water partition coefficient (Wildman–Crippen LogP) is 4.77. The predicted molar refractivity (Wildman–Crippen MR) is 83.7 cm³/mol. The van der Waals surface area contributed by atoms with Crippen molar-refractivity contribution in [1.29, 1.82) is 0 Å². The quantitative estimate of drug-likeness (QED) is 0.653. The Bertz CT molecular complexity index is 796. The van der Waals surface area contributed by atoms with Crippen LogP contribution in [-0.4, -0.2) is 15.0 Å². The third kappa shape index (κ3) is 3.44. The number of nitrogens with zero attached hydrogens (tertiary/aromatic N) is 3. The summed E-state index contributed by atoms with van der Waals surface area (Å²) in [6.45, 7) is 0.0131. The van der Waals surface area contributed by atoms with E-state index in [4.69, 9.17) is 0 Å². The van der Waals surface area contributed by atoms with E-state index in [9.17, 15) is 13.2 Å². The van der Waals surface area contributed by atoms with Crippen molar-refractivity contribution in [2.24, 2.45) is 0 Å². The molecule has 0 aliphatic rings. The lowest BCUT2D eigenvalue weighted by Crippen LogP contribution is -2.16. The summed E-state index contributed by atoms with van der Waals surface area (Å²) in [5, 5.41) is 7.47. The van der Waals surface area contributed by atoms with Crippen LogP contribution in [0.3, 0.4) is 0 Å². The van der Waals surface area contributed by atoms with Crippen molar-refractivity contribution < 1.29 is 13.2 Å². The van der Waals surface area contributed by atoms with E-state index in [1.807, 2.05) is 6.07 Å². The highest BCUT2D eigenvalue weighted by atomic mass is 79.9. The van der Waals surface area contributed by atoms with Gasteiger partial charge in [-0.2, -0.15) is 13.2 Å². The van der Waals surface area contributed by atoms with Gasteiger partial charge in [0.25, 0.3) is 0 Å². The third-order valence-electron chi connectivity index (χ3n) is 3.30. The van der Waals surface area contributed by atoms with Crippen LogP contribution in [-0.2, 0) is 12.7 Å². The van der Waals surface area contributed by atoms with E-state index in [1.54, 1.807) is 48.5 Å². The van der Waals surface area contributed by atoms with Gasteiger partial charge >= 0.3 is 6.18 Å². The van der Waals surface area contributed by atoms with Crippen molar-refractivity contribution >= 4 is 15.9 Å². The Morgan fingerprint density at radius 3 is 2.22 bits per heavy atom. The number of alkyl halides is 3. The fourth-order valence-electron chi connectivity index (χ4n) is 2.26. The minimum atomic E-state index is -4.54. The summed E-state index contributed by atoms with van der Waals surface area (Å²) < 4.78 is 42.2. The van der Waals surface area contributed by atoms with Crippen LogP contribution in [0.2, 0.25) is 0 Å². The molecule has 0 aliphatic carbocycles. The van der Waals surface area contributed by atoms with Gasteiger partial charge in [-0.05, 0) is 17.7 Å². The molecule has 0 saturated heterocycles. The summed E-state index contributed by atoms with van der Waals surface area (Å²) in [6.07, 6.45) is -4.54. The molecule has 7 heteroatoms. The summed E-state index contributed by atoms with van der Waals surface area (Å²) in [4.78, 5) is 0. The Balaban J connectivity index is 2.06. The van der Waals surface area contributed by atoms with Gasteiger partial charge in [-0.3, -0.25) is 0 Å². The molecule has 0 bridgehead atoms. The molecule has 0 fully saturated rings. The average Bonchev–Trinajstić information content (AvgIpc) is 2.93. The molecule has 3 rings (SSSR count). The first kappa shape index (κ1) is 15.7. The van der Waals surface area contributed by atoms with Gasteiger partial charge in [0.2, 0.25) is 0 Å². The summed E-state index contributed by atoms with van der Waals surface area (Å²) in [7, 11) is 0. The number of halogens is 4. The Kier molecular flexibility index (Phi) is 4.21. The molecule has 0 amide bonds. The number of rotatable bonds is 3. The summed E-state index contributed by atoms with van der Waals surface area (Å²) in [5.74, 6) is 0. The van der Waals surface area contributed by atoms with Crippen LogP contribution < -0.4 is 0 Å². The highest BCUT2D eigenvalue weighted by Crippen LogP contribution is 2.36. The van der Waals surface area contributed by atoms with Crippen LogP contribution in [0.4, 0.5) is 13.2 Å². The Labute approximate surface area is 138 Å². The zero-order valence-corrected chi connectivity index (χ0v) is 13.3. The molecule has 1 heterocycles. The standard InChI is InChI=1S/C16H11BrF3N3/c17-13-8-6-12(7-9-13)14-15(16(18,19)20)23(22-21-14)10-11-4-2-1-3-5-11/h1-9H,10H2. The van der Waals surface area contributed by atoms with Crippen LogP contribution >= 0.6 is 15.9 Å². The van der Waals surface area contributed by atoms with Crippen LogP contribution in [0.25, 0.3) is 11.3 Å². The molecule has 118 valence electrons. The maximum Gasteiger partial charge on any atom is 0.435 e. The van der Waals surface area contributed by atoms with Crippen molar-refractivity contribution in [3.05, 3.63) is 70.3 Å². The zero-order valence-electron chi connectivity index (χ0n) is 11.8. The maximum atomic E-state index is 13.5. The van der Waals surface area contributed by atoms with E-state index < -0.39 is 11.9 Å². The van der Waals surface area contributed by atoms with Crippen LogP contribution in [0.15, 0.2) is 59.1 Å². The average molecular weight is 382 g/mol. The summed E-state index contributed by atoms with van der Waals surface area (Å²) >= 11 is 3.26. The van der Waals surface area contributed by atoms with E-state index >= 15 is 0 Å². The van der Waals surface area contributed by atoms with Crippen molar-refractivity contribution in [3.8, 4) is 11.3 Å². The molecule has 0 saturated carbocycles. The van der Waals surface area contributed by atoms with Gasteiger partial charge in [0.15, 0.2) is 5.69 Å². The number of hydrogen-bond acceptors (Lipinski definition) is 2. The van der Waals surface area contributed by atoms with E-state index in [0.29, 0.717) is 5.56 Å². The molecule has 0 atom stereocenters. The molecule has 3 aromatic rings. The normalized spacial score (nSPS) is 11.7. The summed E-state index contributed by atoms with van der Waals surface area (Å²) in [5.41, 5.74) is 0.0923. The van der Waals surface area contributed by atoms with Gasteiger partial charge in [-0.25, -0.2) is 4.68 Å². The van der Waals surface area contributed by atoms with E-state index in [-0.39, 0.29) is 12.2 Å². The van der Waals surface area contributed by atoms with Crippen LogP contribution in [0.1, 0.15) is 11.3 Å². The van der Waals surface area contributed by atoms with Crippen molar-refractivity contribution in [3.63, 3.8) is 0 Å². The second-order valence-electron chi connectivity index (χ2n) is 4.93. The lowest BCUT2D eigenvalue weighted by Gasteiger charge is -2.11. The summed E-state index contributed by atoms with van der Waals surface area (Å²) in [6, 6.07) is 15.4. The molecule has 2 aromatic carbocycles. The molecular weight excluding hydrogens is 371 g/mol. The highest BCUT2D eigenvalue weighted by molar-refractivity contribution is 9.10. The first-order valence-corrected chi connectivity index (χ1v) is 7.55. The molecule has 0 radical (unpaired) electrons. The Morgan fingerprint density at radius 2 is 1.61 bits per heavy atom. The van der Waals surface area contributed by atoms with Crippen LogP contribution in [0, 0.1) is 0 Å². The fraction of sp³-hybridized carbons (Fsp3) is 0.125.